The molecule has 0 spiro atoms. The highest BCUT2D eigenvalue weighted by Crippen LogP contribution is 2.16. The number of nitrogens with one attached hydrogen (secondary N) is 1. The maximum atomic E-state index is 12.8. The topological polar surface area (TPSA) is 75.2 Å². The number of hydrogen-bond donors (Lipinski definition) is 1. The Morgan fingerprint density at radius 3 is 2.45 bits per heavy atom. The number of rotatable bonds is 7. The van der Waals surface area contributed by atoms with Crippen molar-refractivity contribution in [2.45, 2.75) is 27.3 Å². The van der Waals surface area contributed by atoms with Crippen molar-refractivity contribution in [1.29, 1.82) is 0 Å². The van der Waals surface area contributed by atoms with Crippen LogP contribution in [0.1, 0.15) is 46.0 Å². The number of aromatic nitrogens is 2. The smallest absolute Gasteiger partial charge is 0.274 e. The van der Waals surface area contributed by atoms with Crippen LogP contribution in [-0.4, -0.2) is 28.2 Å². The summed E-state index contributed by atoms with van der Waals surface area (Å²) in [6.45, 7) is 6.73. The van der Waals surface area contributed by atoms with Gasteiger partial charge in [0.15, 0.2) is 5.78 Å². The van der Waals surface area contributed by atoms with Gasteiger partial charge in [0, 0.05) is 30.0 Å². The molecule has 0 saturated carbocycles. The zero-order valence-corrected chi connectivity index (χ0v) is 16.8. The molecule has 0 saturated heterocycles. The quantitative estimate of drug-likeness (QED) is 0.612. The molecule has 29 heavy (non-hydrogen) atoms. The lowest BCUT2D eigenvalue weighted by Gasteiger charge is -2.21. The first-order valence-corrected chi connectivity index (χ1v) is 9.53. The minimum atomic E-state index is -0.340. The molecule has 0 unspecified atom stereocenters. The number of nitrogens with zero attached hydrogens (tertiary/aromatic N) is 3. The van der Waals surface area contributed by atoms with E-state index in [0.29, 0.717) is 36.0 Å². The molecular formula is C23H24N4O2. The van der Waals surface area contributed by atoms with Gasteiger partial charge in [-0.05, 0) is 44.5 Å². The van der Waals surface area contributed by atoms with Crippen molar-refractivity contribution in [1.82, 2.24) is 9.97 Å². The summed E-state index contributed by atoms with van der Waals surface area (Å²) in [5.74, 6) is 0.118. The number of benzene rings is 2. The molecule has 0 aliphatic rings. The molecule has 0 aliphatic heterocycles. The molecule has 3 rings (SSSR count). The average Bonchev–Trinajstić information content (AvgIpc) is 2.72. The summed E-state index contributed by atoms with van der Waals surface area (Å²) >= 11 is 0. The summed E-state index contributed by atoms with van der Waals surface area (Å²) in [5.41, 5.74) is 3.24. The number of hydrogen-bond acceptors (Lipinski definition) is 5. The first kappa shape index (κ1) is 20.2. The summed E-state index contributed by atoms with van der Waals surface area (Å²) in [6, 6.07) is 18.6. The second kappa shape index (κ2) is 9.10. The van der Waals surface area contributed by atoms with Gasteiger partial charge in [0.2, 0.25) is 5.95 Å². The highest BCUT2D eigenvalue weighted by Gasteiger charge is 2.15. The van der Waals surface area contributed by atoms with Crippen molar-refractivity contribution in [2.75, 3.05) is 16.8 Å². The Hall–Kier alpha value is -3.54. The van der Waals surface area contributed by atoms with Crippen LogP contribution in [0.15, 0.2) is 60.7 Å². The molecule has 148 valence electrons. The molecule has 6 nitrogen and oxygen atoms in total. The van der Waals surface area contributed by atoms with Crippen LogP contribution in [-0.2, 0) is 6.54 Å². The van der Waals surface area contributed by atoms with Gasteiger partial charge in [-0.3, -0.25) is 9.59 Å². The molecule has 1 N–H and O–H groups in total. The first-order chi connectivity index (χ1) is 14.0. The van der Waals surface area contributed by atoms with E-state index in [1.807, 2.05) is 49.1 Å². The van der Waals surface area contributed by atoms with Gasteiger partial charge in [-0.2, -0.15) is 0 Å². The molecule has 0 aliphatic carbocycles. The van der Waals surface area contributed by atoms with E-state index in [2.05, 4.69) is 15.3 Å². The Morgan fingerprint density at radius 1 is 1.00 bits per heavy atom. The number of ketones is 1. The van der Waals surface area contributed by atoms with Crippen LogP contribution in [0.5, 0.6) is 0 Å². The van der Waals surface area contributed by atoms with Crippen LogP contribution in [0.4, 0.5) is 11.6 Å². The second-order valence-electron chi connectivity index (χ2n) is 6.79. The van der Waals surface area contributed by atoms with Crippen LogP contribution < -0.4 is 10.2 Å². The summed E-state index contributed by atoms with van der Waals surface area (Å²) in [7, 11) is 0. The fourth-order valence-electron chi connectivity index (χ4n) is 2.95. The normalized spacial score (nSPS) is 10.4. The molecule has 2 aromatic carbocycles. The van der Waals surface area contributed by atoms with Crippen LogP contribution in [0, 0.1) is 6.92 Å². The maximum absolute atomic E-state index is 12.8. The van der Waals surface area contributed by atoms with E-state index < -0.39 is 0 Å². The first-order valence-electron chi connectivity index (χ1n) is 9.53. The van der Waals surface area contributed by atoms with Gasteiger partial charge in [-0.15, -0.1) is 0 Å². The molecule has 0 bridgehead atoms. The van der Waals surface area contributed by atoms with E-state index in [1.54, 1.807) is 30.3 Å². The molecule has 3 aromatic rings. The highest BCUT2D eigenvalue weighted by molar-refractivity contribution is 6.04. The minimum Gasteiger partial charge on any atom is -0.337 e. The van der Waals surface area contributed by atoms with E-state index in [4.69, 9.17) is 0 Å². The largest absolute Gasteiger partial charge is 0.337 e. The summed E-state index contributed by atoms with van der Waals surface area (Å²) in [4.78, 5) is 35.4. The molecule has 1 heterocycles. The second-order valence-corrected chi connectivity index (χ2v) is 6.79. The zero-order valence-electron chi connectivity index (χ0n) is 16.8. The van der Waals surface area contributed by atoms with E-state index in [9.17, 15) is 9.59 Å². The molecule has 0 atom stereocenters. The standard InChI is InChI=1S/C23H24N4O2/c1-4-27(15-18-9-6-5-7-10-18)23-24-16(2)13-21(26-23)22(29)25-20-12-8-11-19(14-20)17(3)28/h5-14H,4,15H2,1-3H3,(H,25,29). The van der Waals surface area contributed by atoms with Crippen LogP contribution >= 0.6 is 0 Å². The van der Waals surface area contributed by atoms with Gasteiger partial charge >= 0.3 is 0 Å². The summed E-state index contributed by atoms with van der Waals surface area (Å²) in [5, 5.41) is 2.81. The Kier molecular flexibility index (Phi) is 6.34. The fourth-order valence-corrected chi connectivity index (χ4v) is 2.95. The van der Waals surface area contributed by atoms with Crippen LogP contribution in [0.25, 0.3) is 0 Å². The Bertz CT molecular complexity index is 1020. The lowest BCUT2D eigenvalue weighted by Crippen LogP contribution is -2.26. The number of Topliss-reactive ketones (excluding diaryl/α,β-unsaturated/α-hetero) is 1. The summed E-state index contributed by atoms with van der Waals surface area (Å²) < 4.78 is 0. The van der Waals surface area contributed by atoms with E-state index in [1.165, 1.54) is 6.92 Å². The lowest BCUT2D eigenvalue weighted by atomic mass is 10.1. The molecular weight excluding hydrogens is 364 g/mol. The van der Waals surface area contributed by atoms with E-state index in [0.717, 1.165) is 5.56 Å². The highest BCUT2D eigenvalue weighted by atomic mass is 16.2. The van der Waals surface area contributed by atoms with Crippen molar-refractivity contribution in [3.8, 4) is 0 Å². The number of carbonyl (C=O) groups excluding carboxylic acids is 2. The van der Waals surface area contributed by atoms with Crippen molar-refractivity contribution < 1.29 is 9.59 Å². The molecule has 0 radical (unpaired) electrons. The maximum Gasteiger partial charge on any atom is 0.274 e. The number of carbonyl (C=O) groups is 2. The number of anilines is 2. The molecule has 6 heteroatoms. The number of amides is 1. The van der Waals surface area contributed by atoms with Gasteiger partial charge in [-0.25, -0.2) is 9.97 Å². The van der Waals surface area contributed by atoms with Crippen LogP contribution in [0.3, 0.4) is 0 Å². The van der Waals surface area contributed by atoms with E-state index >= 15 is 0 Å². The molecule has 1 amide bonds. The predicted molar refractivity (Wildman–Crippen MR) is 114 cm³/mol. The van der Waals surface area contributed by atoms with Gasteiger partial charge in [0.25, 0.3) is 5.91 Å². The summed E-state index contributed by atoms with van der Waals surface area (Å²) in [6.07, 6.45) is 0. The van der Waals surface area contributed by atoms with Crippen molar-refractivity contribution in [3.63, 3.8) is 0 Å². The Morgan fingerprint density at radius 2 is 1.76 bits per heavy atom. The Labute approximate surface area is 170 Å². The predicted octanol–water partition coefficient (Wildman–Crippen LogP) is 4.27. The van der Waals surface area contributed by atoms with E-state index in [-0.39, 0.29) is 17.4 Å². The van der Waals surface area contributed by atoms with Gasteiger partial charge < -0.3 is 10.2 Å². The fraction of sp³-hybridized carbons (Fsp3) is 0.217. The third kappa shape index (κ3) is 5.25. The minimum absolute atomic E-state index is 0.0548. The Balaban J connectivity index is 1.83. The van der Waals surface area contributed by atoms with Crippen molar-refractivity contribution in [2.24, 2.45) is 0 Å². The number of aryl methyl sites for hydroxylation is 1. The monoisotopic (exact) mass is 388 g/mol. The van der Waals surface area contributed by atoms with Gasteiger partial charge in [-0.1, -0.05) is 42.5 Å². The molecule has 1 aromatic heterocycles. The van der Waals surface area contributed by atoms with Crippen molar-refractivity contribution in [3.05, 3.63) is 83.2 Å². The van der Waals surface area contributed by atoms with Gasteiger partial charge in [0.05, 0.1) is 0 Å². The lowest BCUT2D eigenvalue weighted by molar-refractivity contribution is 0.100. The average molecular weight is 388 g/mol. The zero-order chi connectivity index (χ0) is 20.8. The van der Waals surface area contributed by atoms with Crippen molar-refractivity contribution >= 4 is 23.3 Å². The molecule has 0 fully saturated rings. The van der Waals surface area contributed by atoms with Gasteiger partial charge in [0.1, 0.15) is 5.69 Å². The third-order valence-electron chi connectivity index (χ3n) is 4.48. The SMILES string of the molecule is CCN(Cc1ccccc1)c1nc(C)cc(C(=O)Nc2cccc(C(C)=O)c2)n1. The third-order valence-corrected chi connectivity index (χ3v) is 4.48. The van der Waals surface area contributed by atoms with Crippen LogP contribution in [0.2, 0.25) is 0 Å².